The first-order valence-electron chi connectivity index (χ1n) is 8.46. The van der Waals surface area contributed by atoms with E-state index in [1.807, 2.05) is 36.4 Å². The van der Waals surface area contributed by atoms with Gasteiger partial charge in [0.25, 0.3) is 5.91 Å². The monoisotopic (exact) mass is 341 g/mol. The maximum atomic E-state index is 12.6. The van der Waals surface area contributed by atoms with Gasteiger partial charge in [0.15, 0.2) is 11.8 Å². The van der Waals surface area contributed by atoms with Gasteiger partial charge in [-0.25, -0.2) is 0 Å². The van der Waals surface area contributed by atoms with Crippen molar-refractivity contribution in [2.75, 3.05) is 19.6 Å². The Morgan fingerprint density at radius 2 is 2.04 bits per heavy atom. The fourth-order valence-electron chi connectivity index (χ4n) is 3.49. The summed E-state index contributed by atoms with van der Waals surface area (Å²) in [5.74, 6) is 0.967. The van der Waals surface area contributed by atoms with Crippen molar-refractivity contribution in [3.05, 3.63) is 59.4 Å². The molecule has 1 amide bonds. The van der Waals surface area contributed by atoms with Gasteiger partial charge in [-0.1, -0.05) is 18.2 Å². The van der Waals surface area contributed by atoms with E-state index in [2.05, 4.69) is 11.4 Å². The third-order valence-electron chi connectivity index (χ3n) is 4.74. The molecule has 3 heterocycles. The Balaban J connectivity index is 1.48. The van der Waals surface area contributed by atoms with E-state index in [0.717, 1.165) is 33.8 Å². The third kappa shape index (κ3) is 3.09. The van der Waals surface area contributed by atoms with Crippen LogP contribution in [0, 0.1) is 0 Å². The number of nitrogens with one attached hydrogen (secondary N) is 2. The molecule has 2 N–H and O–H groups in total. The summed E-state index contributed by atoms with van der Waals surface area (Å²) in [6.07, 6.45) is 4.21. The highest BCUT2D eigenvalue weighted by molar-refractivity contribution is 7.20. The molecule has 4 nitrogen and oxygen atoms in total. The number of benzene rings is 1. The Labute approximate surface area is 145 Å². The summed E-state index contributed by atoms with van der Waals surface area (Å²) in [5.41, 5.74) is 0. The average Bonchev–Trinajstić information content (AvgIpc) is 3.35. The van der Waals surface area contributed by atoms with Crippen LogP contribution >= 0.6 is 11.3 Å². The van der Waals surface area contributed by atoms with E-state index in [-0.39, 0.29) is 11.9 Å². The highest BCUT2D eigenvalue weighted by atomic mass is 32.1. The zero-order chi connectivity index (χ0) is 16.4. The van der Waals surface area contributed by atoms with Crippen LogP contribution in [-0.2, 0) is 0 Å². The van der Waals surface area contributed by atoms with Crippen molar-refractivity contribution >= 4 is 27.3 Å². The Kier molecular flexibility index (Phi) is 4.36. The first-order chi connectivity index (χ1) is 11.8. The van der Waals surface area contributed by atoms with Crippen LogP contribution in [0.25, 0.3) is 10.1 Å². The van der Waals surface area contributed by atoms with Crippen LogP contribution in [0.1, 0.15) is 34.3 Å². The molecule has 0 spiro atoms. The Bertz CT molecular complexity index is 786. The fraction of sp³-hybridized carbons (Fsp3) is 0.316. The molecule has 5 heteroatoms. The Morgan fingerprint density at radius 1 is 1.21 bits per heavy atom. The maximum Gasteiger partial charge on any atom is 0.261 e. The zero-order valence-corrected chi connectivity index (χ0v) is 14.3. The van der Waals surface area contributed by atoms with Crippen LogP contribution in [0.3, 0.4) is 0 Å². The van der Waals surface area contributed by atoms with Gasteiger partial charge in [0.2, 0.25) is 0 Å². The predicted octanol–water partition coefficient (Wildman–Crippen LogP) is 2.64. The van der Waals surface area contributed by atoms with E-state index in [0.29, 0.717) is 6.54 Å². The fourth-order valence-corrected chi connectivity index (χ4v) is 4.47. The quantitative estimate of drug-likeness (QED) is 0.749. The number of furan rings is 1. The minimum absolute atomic E-state index is 0.00588. The molecule has 0 unspecified atom stereocenters. The van der Waals surface area contributed by atoms with Gasteiger partial charge in [0.05, 0.1) is 30.8 Å². The molecule has 1 atom stereocenters. The highest BCUT2D eigenvalue weighted by Crippen LogP contribution is 2.25. The molecule has 0 radical (unpaired) electrons. The van der Waals surface area contributed by atoms with Crippen LogP contribution in [0.4, 0.5) is 0 Å². The molecule has 0 bridgehead atoms. The van der Waals surface area contributed by atoms with Crippen molar-refractivity contribution in [3.8, 4) is 0 Å². The summed E-state index contributed by atoms with van der Waals surface area (Å²) in [6.45, 7) is 2.89. The summed E-state index contributed by atoms with van der Waals surface area (Å²) in [5, 5.41) is 4.24. The summed E-state index contributed by atoms with van der Waals surface area (Å²) in [4.78, 5) is 14.8. The molecule has 124 valence electrons. The Morgan fingerprint density at radius 3 is 2.79 bits per heavy atom. The lowest BCUT2D eigenvalue weighted by molar-refractivity contribution is -0.919. The Hall–Kier alpha value is -2.11. The lowest BCUT2D eigenvalue weighted by Gasteiger charge is -2.23. The normalized spacial score (nSPS) is 16.5. The summed E-state index contributed by atoms with van der Waals surface area (Å²) < 4.78 is 6.77. The van der Waals surface area contributed by atoms with Gasteiger partial charge >= 0.3 is 0 Å². The highest BCUT2D eigenvalue weighted by Gasteiger charge is 2.30. The SMILES string of the molecule is O=C(NC[C@@H](c1ccco1)[NH+]1CCCC1)c1cc2ccccc2s1. The van der Waals surface area contributed by atoms with Gasteiger partial charge < -0.3 is 14.6 Å². The molecule has 3 aromatic rings. The average molecular weight is 341 g/mol. The van der Waals surface area contributed by atoms with Crippen LogP contribution in [0.15, 0.2) is 53.1 Å². The topological polar surface area (TPSA) is 46.7 Å². The van der Waals surface area contributed by atoms with Crippen molar-refractivity contribution in [2.45, 2.75) is 18.9 Å². The number of thiophene rings is 1. The molecule has 1 fully saturated rings. The second-order valence-electron chi connectivity index (χ2n) is 6.29. The number of likely N-dealkylation sites (tertiary alicyclic amines) is 1. The second-order valence-corrected chi connectivity index (χ2v) is 7.38. The molecule has 2 aromatic heterocycles. The number of hydrogen-bond acceptors (Lipinski definition) is 3. The smallest absolute Gasteiger partial charge is 0.261 e. The number of hydrogen-bond donors (Lipinski definition) is 2. The molecule has 1 saturated heterocycles. The zero-order valence-electron chi connectivity index (χ0n) is 13.5. The lowest BCUT2D eigenvalue weighted by atomic mass is 10.2. The molecule has 1 aliphatic rings. The number of carbonyl (C=O) groups excluding carboxylic acids is 1. The van der Waals surface area contributed by atoms with Crippen molar-refractivity contribution in [1.82, 2.24) is 5.32 Å². The van der Waals surface area contributed by atoms with Crippen LogP contribution in [0.2, 0.25) is 0 Å². The molecular formula is C19H21N2O2S+. The van der Waals surface area contributed by atoms with Gasteiger partial charge in [-0.3, -0.25) is 4.79 Å². The molecule has 0 saturated carbocycles. The number of carbonyl (C=O) groups is 1. The summed E-state index contributed by atoms with van der Waals surface area (Å²) in [7, 11) is 0. The second kappa shape index (κ2) is 6.79. The van der Waals surface area contributed by atoms with E-state index < -0.39 is 0 Å². The number of quaternary nitrogens is 1. The molecule has 24 heavy (non-hydrogen) atoms. The molecule has 1 aliphatic heterocycles. The maximum absolute atomic E-state index is 12.6. The minimum atomic E-state index is 0.00588. The largest absolute Gasteiger partial charge is 0.463 e. The van der Waals surface area contributed by atoms with Gasteiger partial charge in [0.1, 0.15) is 0 Å². The number of fused-ring (bicyclic) bond motifs is 1. The van der Waals surface area contributed by atoms with E-state index in [9.17, 15) is 4.79 Å². The molecular weight excluding hydrogens is 320 g/mol. The van der Waals surface area contributed by atoms with Crippen LogP contribution < -0.4 is 10.2 Å². The first kappa shape index (κ1) is 15.4. The van der Waals surface area contributed by atoms with E-state index in [4.69, 9.17) is 4.42 Å². The van der Waals surface area contributed by atoms with Crippen molar-refractivity contribution in [2.24, 2.45) is 0 Å². The number of rotatable bonds is 5. The molecule has 1 aromatic carbocycles. The standard InChI is InChI=1S/C19H20N2O2S/c22-19(18-12-14-6-1-2-8-17(14)24-18)20-13-15(16-7-5-11-23-16)21-9-3-4-10-21/h1-2,5-8,11-12,15H,3-4,9-10,13H2,(H,20,22)/p+1/t15-/m0/s1. The minimum Gasteiger partial charge on any atom is -0.463 e. The van der Waals surface area contributed by atoms with Crippen molar-refractivity contribution in [1.29, 1.82) is 0 Å². The van der Waals surface area contributed by atoms with Gasteiger partial charge in [0, 0.05) is 17.5 Å². The third-order valence-corrected chi connectivity index (χ3v) is 5.86. The van der Waals surface area contributed by atoms with E-state index in [1.54, 1.807) is 17.6 Å². The van der Waals surface area contributed by atoms with E-state index in [1.165, 1.54) is 17.7 Å². The lowest BCUT2D eigenvalue weighted by Crippen LogP contribution is -3.11. The summed E-state index contributed by atoms with van der Waals surface area (Å²) in [6, 6.07) is 14.2. The number of amides is 1. The molecule has 0 aliphatic carbocycles. The van der Waals surface area contributed by atoms with Gasteiger partial charge in [-0.15, -0.1) is 11.3 Å². The van der Waals surface area contributed by atoms with Crippen LogP contribution in [0.5, 0.6) is 0 Å². The molecule has 4 rings (SSSR count). The van der Waals surface area contributed by atoms with Gasteiger partial charge in [-0.2, -0.15) is 0 Å². The van der Waals surface area contributed by atoms with Crippen molar-refractivity contribution in [3.63, 3.8) is 0 Å². The van der Waals surface area contributed by atoms with E-state index >= 15 is 0 Å². The first-order valence-corrected chi connectivity index (χ1v) is 9.27. The van der Waals surface area contributed by atoms with Crippen LogP contribution in [-0.4, -0.2) is 25.5 Å². The predicted molar refractivity (Wildman–Crippen MR) is 95.5 cm³/mol. The summed E-state index contributed by atoms with van der Waals surface area (Å²) >= 11 is 1.54. The van der Waals surface area contributed by atoms with Gasteiger partial charge in [-0.05, 0) is 29.7 Å². The van der Waals surface area contributed by atoms with Crippen molar-refractivity contribution < 1.29 is 14.1 Å².